The van der Waals surface area contributed by atoms with Crippen molar-refractivity contribution >= 4 is 29.0 Å². The molecule has 0 radical (unpaired) electrons. The van der Waals surface area contributed by atoms with E-state index >= 15 is 0 Å². The van der Waals surface area contributed by atoms with Crippen molar-refractivity contribution in [2.45, 2.75) is 32.2 Å². The van der Waals surface area contributed by atoms with E-state index in [1.165, 1.54) is 6.92 Å². The first kappa shape index (κ1) is 20.3. The molecular formula is C22H28N6O2. The predicted molar refractivity (Wildman–Crippen MR) is 117 cm³/mol. The van der Waals surface area contributed by atoms with Crippen LogP contribution < -0.4 is 15.5 Å². The summed E-state index contributed by atoms with van der Waals surface area (Å²) in [5.41, 5.74) is 2.20. The topological polar surface area (TPSA) is 90.5 Å². The lowest BCUT2D eigenvalue weighted by atomic mass is 10.0. The number of rotatable bonds is 7. The number of hydrogen-bond acceptors (Lipinski definition) is 7. The molecule has 1 saturated heterocycles. The van der Waals surface area contributed by atoms with Crippen LogP contribution in [0.15, 0.2) is 36.7 Å². The van der Waals surface area contributed by atoms with Crippen LogP contribution in [0, 0.1) is 0 Å². The summed E-state index contributed by atoms with van der Waals surface area (Å²) in [5.74, 6) is 0.792. The van der Waals surface area contributed by atoms with Gasteiger partial charge in [-0.1, -0.05) is 0 Å². The molecule has 0 aliphatic carbocycles. The van der Waals surface area contributed by atoms with E-state index in [9.17, 15) is 9.59 Å². The van der Waals surface area contributed by atoms with Gasteiger partial charge in [0, 0.05) is 62.4 Å². The fourth-order valence-corrected chi connectivity index (χ4v) is 4.11. The summed E-state index contributed by atoms with van der Waals surface area (Å²) in [4.78, 5) is 37.3. The molecule has 2 aromatic rings. The molecule has 30 heavy (non-hydrogen) atoms. The van der Waals surface area contributed by atoms with Crippen LogP contribution >= 0.6 is 0 Å². The van der Waals surface area contributed by atoms with E-state index in [1.807, 2.05) is 18.2 Å². The first-order valence-electron chi connectivity index (χ1n) is 10.6. The quantitative estimate of drug-likeness (QED) is 0.680. The van der Waals surface area contributed by atoms with Gasteiger partial charge in [-0.25, -0.2) is 9.97 Å². The molecule has 1 atom stereocenters. The maximum Gasteiger partial charge on any atom is 0.225 e. The normalized spacial score (nSPS) is 18.8. The van der Waals surface area contributed by atoms with E-state index in [-0.39, 0.29) is 17.7 Å². The van der Waals surface area contributed by atoms with Crippen LogP contribution in [-0.2, 0) is 4.79 Å². The van der Waals surface area contributed by atoms with Crippen LogP contribution in [0.4, 0.5) is 17.3 Å². The molecule has 0 spiro atoms. The lowest BCUT2D eigenvalue weighted by Gasteiger charge is -2.34. The standard InChI is InChI=1S/C22H28N6O2/c1-16(29)25-17-6-7-19-18(15-17)21(30)20(26-19)5-2-3-10-27-11-13-28(14-12-27)22-23-8-4-9-24-22/h4,6-9,15,20,26H,2-3,5,10-14H2,1H3,(H,25,29). The maximum atomic E-state index is 12.7. The third kappa shape index (κ3) is 4.76. The second-order valence-corrected chi connectivity index (χ2v) is 7.88. The Hall–Kier alpha value is -3.00. The molecule has 158 valence electrons. The average Bonchev–Trinajstić information content (AvgIpc) is 3.07. The zero-order valence-corrected chi connectivity index (χ0v) is 17.3. The van der Waals surface area contributed by atoms with Gasteiger partial charge in [-0.2, -0.15) is 0 Å². The van der Waals surface area contributed by atoms with Gasteiger partial charge in [0.1, 0.15) is 0 Å². The summed E-state index contributed by atoms with van der Waals surface area (Å²) >= 11 is 0. The van der Waals surface area contributed by atoms with E-state index in [0.717, 1.165) is 63.6 Å². The molecule has 2 N–H and O–H groups in total. The lowest BCUT2D eigenvalue weighted by molar-refractivity contribution is -0.114. The van der Waals surface area contributed by atoms with E-state index in [0.29, 0.717) is 11.3 Å². The molecule has 1 fully saturated rings. The fourth-order valence-electron chi connectivity index (χ4n) is 4.11. The van der Waals surface area contributed by atoms with Crippen LogP contribution in [0.5, 0.6) is 0 Å². The van der Waals surface area contributed by atoms with Crippen LogP contribution in [0.2, 0.25) is 0 Å². The number of Topliss-reactive ketones (excluding diaryl/α,β-unsaturated/α-hetero) is 1. The highest BCUT2D eigenvalue weighted by atomic mass is 16.1. The Morgan fingerprint density at radius 3 is 2.67 bits per heavy atom. The molecule has 4 rings (SSSR count). The van der Waals surface area contributed by atoms with E-state index < -0.39 is 0 Å². The van der Waals surface area contributed by atoms with Crippen molar-refractivity contribution in [2.24, 2.45) is 0 Å². The second-order valence-electron chi connectivity index (χ2n) is 7.88. The molecule has 8 heteroatoms. The minimum absolute atomic E-state index is 0.119. The van der Waals surface area contributed by atoms with Crippen molar-refractivity contribution < 1.29 is 9.59 Å². The monoisotopic (exact) mass is 408 g/mol. The second kappa shape index (κ2) is 9.21. The van der Waals surface area contributed by atoms with Gasteiger partial charge >= 0.3 is 0 Å². The van der Waals surface area contributed by atoms with Gasteiger partial charge in [-0.15, -0.1) is 0 Å². The number of anilines is 3. The van der Waals surface area contributed by atoms with Gasteiger partial charge in [0.05, 0.1) is 6.04 Å². The van der Waals surface area contributed by atoms with Crippen LogP contribution in [0.1, 0.15) is 36.5 Å². The number of carbonyl (C=O) groups excluding carboxylic acids is 2. The lowest BCUT2D eigenvalue weighted by Crippen LogP contribution is -2.47. The highest BCUT2D eigenvalue weighted by molar-refractivity contribution is 6.11. The van der Waals surface area contributed by atoms with Crippen molar-refractivity contribution in [3.8, 4) is 0 Å². The first-order chi connectivity index (χ1) is 14.6. The molecular weight excluding hydrogens is 380 g/mol. The van der Waals surface area contributed by atoms with Crippen LogP contribution in [0.25, 0.3) is 0 Å². The SMILES string of the molecule is CC(=O)Nc1ccc2c(c1)C(=O)C(CCCCN1CCN(c3ncccn3)CC1)N2. The number of ketones is 1. The smallest absolute Gasteiger partial charge is 0.225 e. The Labute approximate surface area is 176 Å². The van der Waals surface area contributed by atoms with Crippen molar-refractivity contribution in [1.82, 2.24) is 14.9 Å². The third-order valence-electron chi connectivity index (χ3n) is 5.68. The average molecular weight is 409 g/mol. The first-order valence-corrected chi connectivity index (χ1v) is 10.6. The highest BCUT2D eigenvalue weighted by Crippen LogP contribution is 2.30. The molecule has 1 aromatic heterocycles. The molecule has 1 amide bonds. The molecule has 0 bridgehead atoms. The molecule has 1 aromatic carbocycles. The van der Waals surface area contributed by atoms with Gasteiger partial charge in [-0.3, -0.25) is 14.5 Å². The van der Waals surface area contributed by atoms with Crippen molar-refractivity contribution in [1.29, 1.82) is 0 Å². The summed E-state index contributed by atoms with van der Waals surface area (Å²) in [6.07, 6.45) is 6.46. The van der Waals surface area contributed by atoms with Crippen molar-refractivity contribution in [3.63, 3.8) is 0 Å². The maximum absolute atomic E-state index is 12.7. The molecule has 3 heterocycles. The van der Waals surface area contributed by atoms with E-state index in [4.69, 9.17) is 0 Å². The summed E-state index contributed by atoms with van der Waals surface area (Å²) in [5, 5.41) is 6.07. The Kier molecular flexibility index (Phi) is 6.23. The van der Waals surface area contributed by atoms with Gasteiger partial charge in [0.2, 0.25) is 11.9 Å². The van der Waals surface area contributed by atoms with Crippen molar-refractivity contribution in [3.05, 3.63) is 42.2 Å². The number of piperazine rings is 1. The van der Waals surface area contributed by atoms with Gasteiger partial charge in [0.25, 0.3) is 0 Å². The predicted octanol–water partition coefficient (Wildman–Crippen LogP) is 2.40. The summed E-state index contributed by atoms with van der Waals surface area (Å²) in [6.45, 7) is 6.42. The van der Waals surface area contributed by atoms with Crippen LogP contribution in [-0.4, -0.2) is 65.3 Å². The number of nitrogens with one attached hydrogen (secondary N) is 2. The zero-order chi connectivity index (χ0) is 20.9. The number of amides is 1. The summed E-state index contributed by atoms with van der Waals surface area (Å²) in [6, 6.07) is 7.13. The number of fused-ring (bicyclic) bond motifs is 1. The largest absolute Gasteiger partial charge is 0.374 e. The van der Waals surface area contributed by atoms with Gasteiger partial charge in [-0.05, 0) is 50.1 Å². The van der Waals surface area contributed by atoms with Gasteiger partial charge in [0.15, 0.2) is 5.78 Å². The number of aromatic nitrogens is 2. The third-order valence-corrected chi connectivity index (χ3v) is 5.68. The number of unbranched alkanes of at least 4 members (excludes halogenated alkanes) is 1. The molecule has 8 nitrogen and oxygen atoms in total. The van der Waals surface area contributed by atoms with E-state index in [1.54, 1.807) is 18.5 Å². The minimum atomic E-state index is -0.167. The van der Waals surface area contributed by atoms with Crippen molar-refractivity contribution in [2.75, 3.05) is 48.3 Å². The highest BCUT2D eigenvalue weighted by Gasteiger charge is 2.29. The molecule has 1 unspecified atom stereocenters. The Balaban J connectivity index is 1.18. The summed E-state index contributed by atoms with van der Waals surface area (Å²) < 4.78 is 0. The number of nitrogens with zero attached hydrogens (tertiary/aromatic N) is 4. The number of benzene rings is 1. The van der Waals surface area contributed by atoms with E-state index in [2.05, 4.69) is 30.4 Å². The fraction of sp³-hybridized carbons (Fsp3) is 0.455. The van der Waals surface area contributed by atoms with Gasteiger partial charge < -0.3 is 15.5 Å². The number of hydrogen-bond donors (Lipinski definition) is 2. The molecule has 2 aliphatic rings. The van der Waals surface area contributed by atoms with Crippen LogP contribution in [0.3, 0.4) is 0 Å². The zero-order valence-electron chi connectivity index (χ0n) is 17.3. The molecule has 0 saturated carbocycles. The Morgan fingerprint density at radius 1 is 1.17 bits per heavy atom. The minimum Gasteiger partial charge on any atom is -0.374 e. The number of carbonyl (C=O) groups is 2. The molecule has 2 aliphatic heterocycles. The Bertz CT molecular complexity index is 896. The Morgan fingerprint density at radius 2 is 1.93 bits per heavy atom. The summed E-state index contributed by atoms with van der Waals surface area (Å²) in [7, 11) is 0.